The summed E-state index contributed by atoms with van der Waals surface area (Å²) in [6.07, 6.45) is 0. The monoisotopic (exact) mass is 493 g/mol. The normalized spacial score (nSPS) is 13.7. The molecule has 1 heterocycles. The van der Waals surface area contributed by atoms with Crippen LogP contribution >= 0.6 is 0 Å². The maximum Gasteiger partial charge on any atom is 0.343 e. The lowest BCUT2D eigenvalue weighted by Crippen LogP contribution is -2.32. The van der Waals surface area contributed by atoms with Gasteiger partial charge < -0.3 is 24.3 Å². The minimum absolute atomic E-state index is 0.177. The highest BCUT2D eigenvalue weighted by molar-refractivity contribution is 6.00. The molecule has 2 aromatic carbocycles. The summed E-state index contributed by atoms with van der Waals surface area (Å²) in [5.41, 5.74) is 3.51. The molecule has 0 spiro atoms. The number of nitrogens with one attached hydrogen (secondary N) is 1. The molecule has 1 aliphatic rings. The van der Waals surface area contributed by atoms with Gasteiger partial charge in [-0.05, 0) is 63.9 Å². The van der Waals surface area contributed by atoms with Crippen molar-refractivity contribution >= 4 is 17.9 Å². The lowest BCUT2D eigenvalue weighted by Gasteiger charge is -2.30. The molecule has 0 saturated carbocycles. The highest BCUT2D eigenvalue weighted by Crippen LogP contribution is 2.42. The fourth-order valence-electron chi connectivity index (χ4n) is 4.19. The standard InChI is InChI=1S/C28H31NO7/c1-7-34-27(31)23-17(4)29-18(5)24(28(32)35-8-2)25(23)19-13-14-21(22(15-19)33-6)36-26(30)20-12-10-9-11-16(20)3/h9-15,25,29H,7-8H2,1-6H3. The summed E-state index contributed by atoms with van der Waals surface area (Å²) in [5, 5.41) is 3.10. The zero-order chi connectivity index (χ0) is 26.4. The Morgan fingerprint density at radius 1 is 0.806 bits per heavy atom. The van der Waals surface area contributed by atoms with Crippen molar-refractivity contribution in [2.45, 2.75) is 40.5 Å². The van der Waals surface area contributed by atoms with Gasteiger partial charge in [0.05, 0.1) is 43.0 Å². The van der Waals surface area contributed by atoms with Crippen LogP contribution in [0.25, 0.3) is 0 Å². The van der Waals surface area contributed by atoms with Crippen LogP contribution in [0.15, 0.2) is 65.0 Å². The molecule has 2 aromatic rings. The number of methoxy groups -OCH3 is 1. The third-order valence-corrected chi connectivity index (χ3v) is 5.84. The van der Waals surface area contributed by atoms with Crippen LogP contribution < -0.4 is 14.8 Å². The van der Waals surface area contributed by atoms with E-state index in [1.54, 1.807) is 58.0 Å². The molecule has 0 bridgehead atoms. The van der Waals surface area contributed by atoms with Gasteiger partial charge in [-0.2, -0.15) is 0 Å². The van der Waals surface area contributed by atoms with Gasteiger partial charge >= 0.3 is 17.9 Å². The van der Waals surface area contributed by atoms with Crippen molar-refractivity contribution in [3.8, 4) is 11.5 Å². The number of carbonyl (C=O) groups excluding carboxylic acids is 3. The van der Waals surface area contributed by atoms with Crippen LogP contribution in [-0.4, -0.2) is 38.2 Å². The average molecular weight is 494 g/mol. The maximum absolute atomic E-state index is 13.0. The van der Waals surface area contributed by atoms with E-state index in [0.29, 0.717) is 22.5 Å². The fourth-order valence-corrected chi connectivity index (χ4v) is 4.19. The lowest BCUT2D eigenvalue weighted by molar-refractivity contribution is -0.139. The Bertz CT molecular complexity index is 1200. The van der Waals surface area contributed by atoms with Crippen molar-refractivity contribution in [1.29, 1.82) is 0 Å². The van der Waals surface area contributed by atoms with E-state index < -0.39 is 23.8 Å². The van der Waals surface area contributed by atoms with Gasteiger partial charge in [-0.15, -0.1) is 0 Å². The molecule has 8 heteroatoms. The Hall–Kier alpha value is -4.07. The fraction of sp³-hybridized carbons (Fsp3) is 0.321. The van der Waals surface area contributed by atoms with E-state index in [0.717, 1.165) is 5.56 Å². The highest BCUT2D eigenvalue weighted by Gasteiger charge is 2.38. The van der Waals surface area contributed by atoms with Crippen LogP contribution in [0.2, 0.25) is 0 Å². The van der Waals surface area contributed by atoms with E-state index in [-0.39, 0.29) is 35.9 Å². The van der Waals surface area contributed by atoms with Gasteiger partial charge in [-0.1, -0.05) is 24.3 Å². The molecule has 190 valence electrons. The van der Waals surface area contributed by atoms with E-state index in [1.165, 1.54) is 7.11 Å². The van der Waals surface area contributed by atoms with Crippen LogP contribution in [0.4, 0.5) is 0 Å². The number of hydrogen-bond donors (Lipinski definition) is 1. The summed E-state index contributed by atoms with van der Waals surface area (Å²) < 4.78 is 21.8. The molecule has 1 N–H and O–H groups in total. The highest BCUT2D eigenvalue weighted by atomic mass is 16.6. The molecule has 8 nitrogen and oxygen atoms in total. The molecule has 1 aliphatic heterocycles. The quantitative estimate of drug-likeness (QED) is 0.421. The molecule has 0 fully saturated rings. The first-order valence-electron chi connectivity index (χ1n) is 11.7. The Morgan fingerprint density at radius 2 is 1.39 bits per heavy atom. The van der Waals surface area contributed by atoms with Gasteiger partial charge in [0, 0.05) is 11.4 Å². The minimum atomic E-state index is -0.778. The predicted octanol–water partition coefficient (Wildman–Crippen LogP) is 4.58. The first kappa shape index (κ1) is 26.5. The number of hydrogen-bond acceptors (Lipinski definition) is 8. The summed E-state index contributed by atoms with van der Waals surface area (Å²) in [6, 6.07) is 12.0. The Balaban J connectivity index is 2.08. The molecule has 0 atom stereocenters. The second-order valence-electron chi connectivity index (χ2n) is 8.19. The summed E-state index contributed by atoms with van der Waals surface area (Å²) in [5.74, 6) is -1.91. The number of carbonyl (C=O) groups is 3. The number of rotatable bonds is 8. The third kappa shape index (κ3) is 5.43. The van der Waals surface area contributed by atoms with Crippen LogP contribution in [0.5, 0.6) is 11.5 Å². The zero-order valence-electron chi connectivity index (χ0n) is 21.4. The lowest BCUT2D eigenvalue weighted by atomic mass is 9.80. The maximum atomic E-state index is 13.0. The summed E-state index contributed by atoms with van der Waals surface area (Å²) in [6.45, 7) is 9.11. The van der Waals surface area contributed by atoms with Crippen LogP contribution in [0.1, 0.15) is 55.1 Å². The Labute approximate surface area is 210 Å². The number of benzene rings is 2. The molecular weight excluding hydrogens is 462 g/mol. The van der Waals surface area contributed by atoms with E-state index in [1.807, 2.05) is 19.1 Å². The number of dihydropyridines is 1. The third-order valence-electron chi connectivity index (χ3n) is 5.84. The molecule has 36 heavy (non-hydrogen) atoms. The Kier molecular flexibility index (Phi) is 8.53. The molecule has 3 rings (SSSR count). The smallest absolute Gasteiger partial charge is 0.343 e. The number of aryl methyl sites for hydroxylation is 1. The summed E-state index contributed by atoms with van der Waals surface area (Å²) in [4.78, 5) is 38.7. The van der Waals surface area contributed by atoms with Gasteiger partial charge in [0.2, 0.25) is 0 Å². The van der Waals surface area contributed by atoms with Crippen LogP contribution in [-0.2, 0) is 19.1 Å². The molecular formula is C28H31NO7. The van der Waals surface area contributed by atoms with Crippen molar-refractivity contribution in [2.24, 2.45) is 0 Å². The number of esters is 3. The topological polar surface area (TPSA) is 100 Å². The van der Waals surface area contributed by atoms with E-state index in [9.17, 15) is 14.4 Å². The second-order valence-corrected chi connectivity index (χ2v) is 8.19. The number of allylic oxidation sites excluding steroid dienone is 2. The number of ether oxygens (including phenoxy) is 4. The van der Waals surface area contributed by atoms with Gasteiger partial charge in [0.15, 0.2) is 11.5 Å². The summed E-state index contributed by atoms with van der Waals surface area (Å²) in [7, 11) is 1.45. The molecule has 0 unspecified atom stereocenters. The molecule has 0 aromatic heterocycles. The van der Waals surface area contributed by atoms with Crippen molar-refractivity contribution in [3.05, 3.63) is 81.7 Å². The Morgan fingerprint density at radius 3 is 1.92 bits per heavy atom. The van der Waals surface area contributed by atoms with Crippen molar-refractivity contribution in [2.75, 3.05) is 20.3 Å². The second kappa shape index (κ2) is 11.6. The SMILES string of the molecule is CCOC(=O)C1=C(C)NC(C)=C(C(=O)OCC)C1c1ccc(OC(=O)c2ccccc2C)c(OC)c1. The molecule has 0 aliphatic carbocycles. The minimum Gasteiger partial charge on any atom is -0.493 e. The van der Waals surface area contributed by atoms with Gasteiger partial charge in [0.1, 0.15) is 0 Å². The van der Waals surface area contributed by atoms with Gasteiger partial charge in [-0.25, -0.2) is 14.4 Å². The van der Waals surface area contributed by atoms with Crippen molar-refractivity contribution in [3.63, 3.8) is 0 Å². The van der Waals surface area contributed by atoms with Crippen LogP contribution in [0.3, 0.4) is 0 Å². The molecule has 0 saturated heterocycles. The molecule has 0 radical (unpaired) electrons. The summed E-state index contributed by atoms with van der Waals surface area (Å²) >= 11 is 0. The first-order valence-corrected chi connectivity index (χ1v) is 11.7. The van der Waals surface area contributed by atoms with E-state index >= 15 is 0 Å². The van der Waals surface area contributed by atoms with Crippen LogP contribution in [0, 0.1) is 6.92 Å². The van der Waals surface area contributed by atoms with Crippen molar-refractivity contribution in [1.82, 2.24) is 5.32 Å². The van der Waals surface area contributed by atoms with E-state index in [2.05, 4.69) is 5.32 Å². The zero-order valence-corrected chi connectivity index (χ0v) is 21.4. The van der Waals surface area contributed by atoms with Crippen molar-refractivity contribution < 1.29 is 33.3 Å². The van der Waals surface area contributed by atoms with Gasteiger partial charge in [-0.3, -0.25) is 0 Å². The molecule has 0 amide bonds. The largest absolute Gasteiger partial charge is 0.493 e. The first-order chi connectivity index (χ1) is 17.2. The van der Waals surface area contributed by atoms with Gasteiger partial charge in [0.25, 0.3) is 0 Å². The average Bonchev–Trinajstić information content (AvgIpc) is 2.84. The predicted molar refractivity (Wildman–Crippen MR) is 134 cm³/mol. The van der Waals surface area contributed by atoms with E-state index in [4.69, 9.17) is 18.9 Å².